The van der Waals surface area contributed by atoms with Gasteiger partial charge in [0.25, 0.3) is 0 Å². The first kappa shape index (κ1) is 14.1. The third kappa shape index (κ3) is 2.53. The van der Waals surface area contributed by atoms with Crippen molar-refractivity contribution in [2.24, 2.45) is 11.1 Å². The largest absolute Gasteiger partial charge is 0.321 e. The molecular weight excluding hydrogens is 242 g/mol. The smallest absolute Gasteiger partial charge is 0.0420 e. The summed E-state index contributed by atoms with van der Waals surface area (Å²) in [4.78, 5) is 0. The molecule has 0 bridgehead atoms. The van der Waals surface area contributed by atoms with Crippen molar-refractivity contribution in [1.29, 1.82) is 0 Å². The van der Waals surface area contributed by atoms with Crippen molar-refractivity contribution in [3.63, 3.8) is 0 Å². The second kappa shape index (κ2) is 5.18. The standard InChI is InChI=1S/C19H29N/c1-15(2)16-7-9-17(10-8-16)19(20)13-18(14-19)11-5-3-4-6-12-18/h7-10,15H,3-6,11-14,20H2,1-2H3. The number of nitrogens with two attached hydrogens (primary N) is 1. The molecule has 1 nitrogen and oxygen atoms in total. The monoisotopic (exact) mass is 271 g/mol. The summed E-state index contributed by atoms with van der Waals surface area (Å²) in [5.74, 6) is 0.604. The van der Waals surface area contributed by atoms with E-state index in [1.807, 2.05) is 0 Å². The summed E-state index contributed by atoms with van der Waals surface area (Å²) in [7, 11) is 0. The SMILES string of the molecule is CC(C)c1ccc(C2(N)CC3(CCCCCC3)C2)cc1. The highest BCUT2D eigenvalue weighted by Crippen LogP contribution is 2.58. The lowest BCUT2D eigenvalue weighted by Gasteiger charge is -2.55. The van der Waals surface area contributed by atoms with Crippen LogP contribution in [0.3, 0.4) is 0 Å². The molecular formula is C19H29N. The third-order valence-electron chi connectivity index (χ3n) is 5.70. The molecule has 2 aliphatic carbocycles. The molecule has 0 amide bonds. The summed E-state index contributed by atoms with van der Waals surface area (Å²) in [6.45, 7) is 4.49. The Morgan fingerprint density at radius 1 is 0.900 bits per heavy atom. The van der Waals surface area contributed by atoms with Crippen molar-refractivity contribution in [3.8, 4) is 0 Å². The topological polar surface area (TPSA) is 26.0 Å². The Hall–Kier alpha value is -0.820. The molecule has 0 heterocycles. The maximum absolute atomic E-state index is 6.71. The van der Waals surface area contributed by atoms with Crippen LogP contribution in [0.1, 0.15) is 82.3 Å². The second-order valence-corrected chi connectivity index (χ2v) is 7.70. The summed E-state index contributed by atoms with van der Waals surface area (Å²) >= 11 is 0. The summed E-state index contributed by atoms with van der Waals surface area (Å²) in [6, 6.07) is 9.09. The number of rotatable bonds is 2. The highest BCUT2D eigenvalue weighted by Gasteiger charge is 2.52. The van der Waals surface area contributed by atoms with Gasteiger partial charge in [0.2, 0.25) is 0 Å². The number of benzene rings is 1. The molecule has 2 saturated carbocycles. The molecule has 1 heteroatoms. The highest BCUT2D eigenvalue weighted by molar-refractivity contribution is 5.33. The van der Waals surface area contributed by atoms with E-state index in [0.29, 0.717) is 11.3 Å². The van der Waals surface area contributed by atoms with Crippen LogP contribution in [-0.4, -0.2) is 0 Å². The van der Waals surface area contributed by atoms with E-state index in [1.54, 1.807) is 0 Å². The maximum Gasteiger partial charge on any atom is 0.0420 e. The summed E-state index contributed by atoms with van der Waals surface area (Å²) in [5.41, 5.74) is 10.0. The van der Waals surface area contributed by atoms with Gasteiger partial charge in [0.05, 0.1) is 0 Å². The van der Waals surface area contributed by atoms with Gasteiger partial charge in [-0.05, 0) is 48.1 Å². The van der Waals surface area contributed by atoms with Gasteiger partial charge >= 0.3 is 0 Å². The van der Waals surface area contributed by atoms with Crippen LogP contribution in [0.25, 0.3) is 0 Å². The van der Waals surface area contributed by atoms with Gasteiger partial charge in [-0.15, -0.1) is 0 Å². The predicted molar refractivity (Wildman–Crippen MR) is 85.8 cm³/mol. The molecule has 20 heavy (non-hydrogen) atoms. The minimum absolute atomic E-state index is 0.0418. The Morgan fingerprint density at radius 3 is 1.95 bits per heavy atom. The van der Waals surface area contributed by atoms with Gasteiger partial charge in [0.1, 0.15) is 0 Å². The quantitative estimate of drug-likeness (QED) is 0.795. The molecule has 110 valence electrons. The van der Waals surface area contributed by atoms with Crippen LogP contribution < -0.4 is 5.73 Å². The van der Waals surface area contributed by atoms with Crippen molar-refractivity contribution in [2.75, 3.05) is 0 Å². The van der Waals surface area contributed by atoms with Gasteiger partial charge in [-0.25, -0.2) is 0 Å². The number of hydrogen-bond acceptors (Lipinski definition) is 1. The van der Waals surface area contributed by atoms with Gasteiger partial charge in [-0.1, -0.05) is 63.8 Å². The summed E-state index contributed by atoms with van der Waals surface area (Å²) < 4.78 is 0. The summed E-state index contributed by atoms with van der Waals surface area (Å²) in [6.07, 6.45) is 10.9. The molecule has 0 unspecified atom stereocenters. The fraction of sp³-hybridized carbons (Fsp3) is 0.684. The van der Waals surface area contributed by atoms with Crippen LogP contribution >= 0.6 is 0 Å². The fourth-order valence-corrected chi connectivity index (χ4v) is 4.52. The van der Waals surface area contributed by atoms with Crippen LogP contribution in [0.2, 0.25) is 0 Å². The van der Waals surface area contributed by atoms with Gasteiger partial charge in [0.15, 0.2) is 0 Å². The third-order valence-corrected chi connectivity index (χ3v) is 5.70. The van der Waals surface area contributed by atoms with Crippen LogP contribution in [0, 0.1) is 5.41 Å². The maximum atomic E-state index is 6.71. The van der Waals surface area contributed by atoms with Crippen molar-refractivity contribution in [1.82, 2.24) is 0 Å². The van der Waals surface area contributed by atoms with Crippen LogP contribution in [-0.2, 0) is 5.54 Å². The minimum Gasteiger partial charge on any atom is -0.321 e. The molecule has 1 aromatic rings. The van der Waals surface area contributed by atoms with Gasteiger partial charge in [-0.3, -0.25) is 0 Å². The van der Waals surface area contributed by atoms with Crippen molar-refractivity contribution < 1.29 is 0 Å². The van der Waals surface area contributed by atoms with Gasteiger partial charge in [-0.2, -0.15) is 0 Å². The molecule has 1 spiro atoms. The highest BCUT2D eigenvalue weighted by atomic mass is 14.8. The van der Waals surface area contributed by atoms with E-state index in [9.17, 15) is 0 Å². The minimum atomic E-state index is -0.0418. The van der Waals surface area contributed by atoms with Crippen LogP contribution in [0.5, 0.6) is 0 Å². The molecule has 2 N–H and O–H groups in total. The van der Waals surface area contributed by atoms with E-state index in [0.717, 1.165) is 0 Å². The van der Waals surface area contributed by atoms with Crippen molar-refractivity contribution in [3.05, 3.63) is 35.4 Å². The first-order valence-electron chi connectivity index (χ1n) is 8.42. The summed E-state index contributed by atoms with van der Waals surface area (Å²) in [5, 5.41) is 0. The van der Waals surface area contributed by atoms with Crippen molar-refractivity contribution >= 4 is 0 Å². The lowest BCUT2D eigenvalue weighted by Crippen LogP contribution is -2.55. The lowest BCUT2D eigenvalue weighted by atomic mass is 9.52. The Labute approximate surface area is 124 Å². The van der Waals surface area contributed by atoms with Crippen molar-refractivity contribution in [2.45, 2.75) is 76.7 Å². The van der Waals surface area contributed by atoms with E-state index in [4.69, 9.17) is 5.73 Å². The zero-order chi connectivity index (χ0) is 14.2. The zero-order valence-corrected chi connectivity index (χ0v) is 13.1. The molecule has 0 radical (unpaired) electrons. The first-order valence-corrected chi connectivity index (χ1v) is 8.42. The normalized spacial score (nSPS) is 24.4. The Bertz CT molecular complexity index is 441. The van der Waals surface area contributed by atoms with E-state index < -0.39 is 0 Å². The molecule has 0 aliphatic heterocycles. The molecule has 1 aromatic carbocycles. The average molecular weight is 271 g/mol. The van der Waals surface area contributed by atoms with E-state index in [-0.39, 0.29) is 5.54 Å². The Kier molecular flexibility index (Phi) is 3.66. The molecule has 0 saturated heterocycles. The molecule has 3 rings (SSSR count). The first-order chi connectivity index (χ1) is 9.53. The van der Waals surface area contributed by atoms with Gasteiger partial charge in [0, 0.05) is 5.54 Å². The Balaban J connectivity index is 1.72. The van der Waals surface area contributed by atoms with E-state index in [1.165, 1.54) is 62.5 Å². The predicted octanol–water partition coefficient (Wildman–Crippen LogP) is 5.10. The average Bonchev–Trinajstić information content (AvgIpc) is 2.64. The molecule has 0 aromatic heterocycles. The number of hydrogen-bond donors (Lipinski definition) is 1. The van der Waals surface area contributed by atoms with Crippen LogP contribution in [0.4, 0.5) is 0 Å². The lowest BCUT2D eigenvalue weighted by molar-refractivity contribution is 0.00963. The van der Waals surface area contributed by atoms with E-state index >= 15 is 0 Å². The van der Waals surface area contributed by atoms with E-state index in [2.05, 4.69) is 38.1 Å². The Morgan fingerprint density at radius 2 is 1.45 bits per heavy atom. The molecule has 0 atom stereocenters. The fourth-order valence-electron chi connectivity index (χ4n) is 4.52. The zero-order valence-electron chi connectivity index (χ0n) is 13.1. The van der Waals surface area contributed by atoms with Gasteiger partial charge < -0.3 is 5.73 Å². The second-order valence-electron chi connectivity index (χ2n) is 7.70. The molecule has 2 fully saturated rings. The van der Waals surface area contributed by atoms with Crippen LogP contribution in [0.15, 0.2) is 24.3 Å². The molecule has 2 aliphatic rings.